The molecular weight excluding hydrogens is 400 g/mol. The van der Waals surface area contributed by atoms with Gasteiger partial charge in [0.25, 0.3) is 17.7 Å². The number of carbonyl (C=O) groups is 4. The number of hydrogen-bond donors (Lipinski definition) is 3. The maximum absolute atomic E-state index is 12.2. The second-order valence-electron chi connectivity index (χ2n) is 6.87. The molecule has 2 aromatic carbocycles. The Kier molecular flexibility index (Phi) is 5.23. The number of carbonyl (C=O) groups excluding carboxylic acids is 4. The van der Waals surface area contributed by atoms with Crippen LogP contribution in [-0.4, -0.2) is 35.7 Å². The van der Waals surface area contributed by atoms with Crippen molar-refractivity contribution in [2.45, 2.75) is 6.54 Å². The van der Waals surface area contributed by atoms with Crippen LogP contribution in [0.5, 0.6) is 0 Å². The summed E-state index contributed by atoms with van der Waals surface area (Å²) in [5.41, 5.74) is 2.40. The standard InChI is InChI=1S/C22H18N4O5/c1-26-20(28)16-9-8-15(11-17(16)21(26)29)25-22(30)23-12-13-4-6-14(7-5-13)24-19(27)18-3-2-10-31-18/h2-11H,12H2,1H3,(H,24,27)(H2,23,25,30). The summed E-state index contributed by atoms with van der Waals surface area (Å²) in [5.74, 6) is -0.897. The van der Waals surface area contributed by atoms with Gasteiger partial charge in [-0.2, -0.15) is 0 Å². The topological polar surface area (TPSA) is 121 Å². The van der Waals surface area contributed by atoms with Crippen LogP contribution >= 0.6 is 0 Å². The lowest BCUT2D eigenvalue weighted by Crippen LogP contribution is -2.28. The van der Waals surface area contributed by atoms with Gasteiger partial charge in [-0.15, -0.1) is 0 Å². The van der Waals surface area contributed by atoms with Gasteiger partial charge in [-0.3, -0.25) is 19.3 Å². The second kappa shape index (κ2) is 8.15. The maximum Gasteiger partial charge on any atom is 0.319 e. The number of anilines is 2. The van der Waals surface area contributed by atoms with Gasteiger partial charge in [0.1, 0.15) is 0 Å². The molecule has 1 aliphatic heterocycles. The Morgan fingerprint density at radius 1 is 0.903 bits per heavy atom. The molecule has 9 heteroatoms. The fraction of sp³-hybridized carbons (Fsp3) is 0.0909. The highest BCUT2D eigenvalue weighted by Crippen LogP contribution is 2.24. The van der Waals surface area contributed by atoms with Gasteiger partial charge in [0.05, 0.1) is 17.4 Å². The van der Waals surface area contributed by atoms with E-state index in [2.05, 4.69) is 16.0 Å². The monoisotopic (exact) mass is 418 g/mol. The molecule has 156 valence electrons. The zero-order valence-corrected chi connectivity index (χ0v) is 16.5. The first-order valence-electron chi connectivity index (χ1n) is 9.37. The quantitative estimate of drug-likeness (QED) is 0.550. The van der Waals surface area contributed by atoms with E-state index in [0.717, 1.165) is 10.5 Å². The van der Waals surface area contributed by atoms with Crippen molar-refractivity contribution in [3.05, 3.63) is 83.3 Å². The first kappa shape index (κ1) is 19.9. The van der Waals surface area contributed by atoms with E-state index in [1.165, 1.54) is 25.4 Å². The van der Waals surface area contributed by atoms with Crippen molar-refractivity contribution in [2.75, 3.05) is 17.7 Å². The fourth-order valence-corrected chi connectivity index (χ4v) is 3.10. The van der Waals surface area contributed by atoms with Crippen molar-refractivity contribution in [1.29, 1.82) is 0 Å². The number of rotatable bonds is 5. The van der Waals surface area contributed by atoms with Gasteiger partial charge in [-0.25, -0.2) is 4.79 Å². The number of nitrogens with zero attached hydrogens (tertiary/aromatic N) is 1. The normalized spacial score (nSPS) is 12.5. The molecule has 0 saturated carbocycles. The average molecular weight is 418 g/mol. The summed E-state index contributed by atoms with van der Waals surface area (Å²) in [5, 5.41) is 8.07. The molecule has 1 aromatic heterocycles. The van der Waals surface area contributed by atoms with Crippen LogP contribution in [0.2, 0.25) is 0 Å². The molecular formula is C22H18N4O5. The fourth-order valence-electron chi connectivity index (χ4n) is 3.10. The minimum atomic E-state index is -0.458. The molecule has 9 nitrogen and oxygen atoms in total. The molecule has 1 aliphatic rings. The molecule has 0 atom stereocenters. The van der Waals surface area contributed by atoms with Crippen molar-refractivity contribution in [1.82, 2.24) is 10.2 Å². The lowest BCUT2D eigenvalue weighted by molar-refractivity contribution is 0.0692. The second-order valence-corrected chi connectivity index (χ2v) is 6.87. The minimum absolute atomic E-state index is 0.215. The summed E-state index contributed by atoms with van der Waals surface area (Å²) in [6, 6.07) is 14.3. The predicted molar refractivity (Wildman–Crippen MR) is 112 cm³/mol. The molecule has 5 amide bonds. The summed E-state index contributed by atoms with van der Waals surface area (Å²) in [4.78, 5) is 49.2. The third kappa shape index (κ3) is 4.15. The Balaban J connectivity index is 1.31. The van der Waals surface area contributed by atoms with Crippen LogP contribution in [-0.2, 0) is 6.54 Å². The Bertz CT molecular complexity index is 1170. The molecule has 0 aliphatic carbocycles. The van der Waals surface area contributed by atoms with Crippen molar-refractivity contribution in [3.63, 3.8) is 0 Å². The Labute approximate surface area is 177 Å². The van der Waals surface area contributed by atoms with Crippen LogP contribution in [0.4, 0.5) is 16.2 Å². The first-order chi connectivity index (χ1) is 14.9. The molecule has 0 fully saturated rings. The van der Waals surface area contributed by atoms with E-state index >= 15 is 0 Å². The van der Waals surface area contributed by atoms with Gasteiger partial charge < -0.3 is 20.4 Å². The van der Waals surface area contributed by atoms with Gasteiger partial charge in [-0.1, -0.05) is 12.1 Å². The highest BCUT2D eigenvalue weighted by atomic mass is 16.3. The number of hydrogen-bond acceptors (Lipinski definition) is 5. The van der Waals surface area contributed by atoms with E-state index < -0.39 is 11.9 Å². The number of urea groups is 1. The van der Waals surface area contributed by atoms with E-state index in [4.69, 9.17) is 4.42 Å². The molecule has 0 unspecified atom stereocenters. The number of fused-ring (bicyclic) bond motifs is 1. The molecule has 4 rings (SSSR count). The highest BCUT2D eigenvalue weighted by Gasteiger charge is 2.32. The first-order valence-corrected chi connectivity index (χ1v) is 9.37. The SMILES string of the molecule is CN1C(=O)c2ccc(NC(=O)NCc3ccc(NC(=O)c4ccco4)cc3)cc2C1=O. The van der Waals surface area contributed by atoms with Gasteiger partial charge in [0.2, 0.25) is 0 Å². The number of benzene rings is 2. The van der Waals surface area contributed by atoms with Crippen molar-refractivity contribution in [3.8, 4) is 0 Å². The minimum Gasteiger partial charge on any atom is -0.459 e. The summed E-state index contributed by atoms with van der Waals surface area (Å²) >= 11 is 0. The lowest BCUT2D eigenvalue weighted by Gasteiger charge is -2.09. The molecule has 0 saturated heterocycles. The van der Waals surface area contributed by atoms with E-state index in [-0.39, 0.29) is 29.7 Å². The summed E-state index contributed by atoms with van der Waals surface area (Å²) in [6.07, 6.45) is 1.42. The molecule has 31 heavy (non-hydrogen) atoms. The van der Waals surface area contributed by atoms with Crippen LogP contribution in [0.25, 0.3) is 0 Å². The maximum atomic E-state index is 12.2. The van der Waals surface area contributed by atoms with Gasteiger partial charge >= 0.3 is 6.03 Å². The molecule has 0 bridgehead atoms. The van der Waals surface area contributed by atoms with E-state index in [1.807, 2.05) is 0 Å². The third-order valence-electron chi connectivity index (χ3n) is 4.76. The van der Waals surface area contributed by atoms with E-state index in [0.29, 0.717) is 16.9 Å². The van der Waals surface area contributed by atoms with E-state index in [9.17, 15) is 19.2 Å². The predicted octanol–water partition coefficient (Wildman–Crippen LogP) is 3.08. The van der Waals surface area contributed by atoms with Crippen molar-refractivity contribution in [2.24, 2.45) is 0 Å². The number of imide groups is 1. The average Bonchev–Trinajstić information content (AvgIpc) is 3.38. The summed E-state index contributed by atoms with van der Waals surface area (Å²) in [7, 11) is 1.41. The van der Waals surface area contributed by atoms with Crippen LogP contribution in [0.1, 0.15) is 36.8 Å². The van der Waals surface area contributed by atoms with Crippen LogP contribution in [0, 0.1) is 0 Å². The molecule has 0 spiro atoms. The highest BCUT2D eigenvalue weighted by molar-refractivity contribution is 6.21. The smallest absolute Gasteiger partial charge is 0.319 e. The Morgan fingerprint density at radius 3 is 2.32 bits per heavy atom. The summed E-state index contributed by atoms with van der Waals surface area (Å²) < 4.78 is 5.04. The van der Waals surface area contributed by atoms with Crippen LogP contribution < -0.4 is 16.0 Å². The molecule has 2 heterocycles. The lowest BCUT2D eigenvalue weighted by atomic mass is 10.1. The summed E-state index contributed by atoms with van der Waals surface area (Å²) in [6.45, 7) is 0.253. The third-order valence-corrected chi connectivity index (χ3v) is 4.76. The number of furan rings is 1. The Morgan fingerprint density at radius 2 is 1.61 bits per heavy atom. The van der Waals surface area contributed by atoms with Crippen molar-refractivity contribution < 1.29 is 23.6 Å². The number of nitrogens with one attached hydrogen (secondary N) is 3. The van der Waals surface area contributed by atoms with Crippen LogP contribution in [0.3, 0.4) is 0 Å². The van der Waals surface area contributed by atoms with Crippen LogP contribution in [0.15, 0.2) is 65.3 Å². The number of amides is 5. The van der Waals surface area contributed by atoms with Crippen molar-refractivity contribution >= 4 is 35.1 Å². The molecule has 3 aromatic rings. The Hall–Kier alpha value is -4.40. The van der Waals surface area contributed by atoms with E-state index in [1.54, 1.807) is 42.5 Å². The van der Waals surface area contributed by atoms with Gasteiger partial charge in [0.15, 0.2) is 5.76 Å². The zero-order chi connectivity index (χ0) is 22.0. The van der Waals surface area contributed by atoms with Gasteiger partial charge in [0, 0.05) is 25.0 Å². The largest absolute Gasteiger partial charge is 0.459 e. The zero-order valence-electron chi connectivity index (χ0n) is 16.5. The molecule has 0 radical (unpaired) electrons. The van der Waals surface area contributed by atoms with Gasteiger partial charge in [-0.05, 0) is 48.0 Å². The molecule has 3 N–H and O–H groups in total.